The zero-order valence-electron chi connectivity index (χ0n) is 11.7. The minimum Gasteiger partial charge on any atom is -0.497 e. The molecule has 19 heavy (non-hydrogen) atoms. The molecule has 0 saturated heterocycles. The lowest BCUT2D eigenvalue weighted by molar-refractivity contribution is 0.386. The van der Waals surface area contributed by atoms with E-state index >= 15 is 0 Å². The number of methoxy groups -OCH3 is 1. The minimum atomic E-state index is 0.196. The summed E-state index contributed by atoms with van der Waals surface area (Å²) in [6, 6.07) is 12.6. The largest absolute Gasteiger partial charge is 0.497 e. The van der Waals surface area contributed by atoms with Gasteiger partial charge in [-0.15, -0.1) is 0 Å². The Balaban J connectivity index is 2.06. The van der Waals surface area contributed by atoms with Crippen molar-refractivity contribution in [1.82, 2.24) is 5.32 Å². The summed E-state index contributed by atoms with van der Waals surface area (Å²) in [6.45, 7) is 4.29. The lowest BCUT2D eigenvalue weighted by atomic mass is 10.0. The highest BCUT2D eigenvalue weighted by molar-refractivity contribution is 5.29. The first-order chi connectivity index (χ1) is 9.24. The van der Waals surface area contributed by atoms with Gasteiger partial charge in [-0.3, -0.25) is 0 Å². The highest BCUT2D eigenvalue weighted by atomic mass is 16.5. The lowest BCUT2D eigenvalue weighted by Crippen LogP contribution is -2.23. The molecule has 0 aliphatic rings. The van der Waals surface area contributed by atoms with Crippen LogP contribution in [0.25, 0.3) is 0 Å². The van der Waals surface area contributed by atoms with Crippen LogP contribution in [0.4, 0.5) is 0 Å². The summed E-state index contributed by atoms with van der Waals surface area (Å²) in [4.78, 5) is 0. The van der Waals surface area contributed by atoms with E-state index in [4.69, 9.17) is 9.15 Å². The van der Waals surface area contributed by atoms with Gasteiger partial charge in [-0.25, -0.2) is 0 Å². The third-order valence-corrected chi connectivity index (χ3v) is 3.35. The van der Waals surface area contributed by atoms with Crippen molar-refractivity contribution in [2.45, 2.75) is 32.4 Å². The maximum Gasteiger partial charge on any atom is 0.120 e. The van der Waals surface area contributed by atoms with Crippen LogP contribution in [0.1, 0.15) is 43.7 Å². The zero-order valence-corrected chi connectivity index (χ0v) is 11.7. The molecule has 0 fully saturated rings. The van der Waals surface area contributed by atoms with Crippen LogP contribution in [0.3, 0.4) is 0 Å². The minimum absolute atomic E-state index is 0.196. The van der Waals surface area contributed by atoms with Crippen LogP contribution in [0.2, 0.25) is 0 Å². The summed E-state index contributed by atoms with van der Waals surface area (Å²) in [5.41, 5.74) is 1.27. The number of hydrogen-bond acceptors (Lipinski definition) is 3. The Hall–Kier alpha value is -1.74. The molecule has 1 heterocycles. The van der Waals surface area contributed by atoms with E-state index in [1.165, 1.54) is 5.56 Å². The lowest BCUT2D eigenvalue weighted by Gasteiger charge is -2.21. The van der Waals surface area contributed by atoms with Crippen LogP contribution < -0.4 is 10.1 Å². The number of benzene rings is 1. The number of hydrogen-bond donors (Lipinski definition) is 1. The predicted octanol–water partition coefficient (Wildman–Crippen LogP) is 4.09. The van der Waals surface area contributed by atoms with Crippen LogP contribution in [0, 0.1) is 0 Å². The summed E-state index contributed by atoms with van der Waals surface area (Å²) in [5.74, 6) is 1.85. The normalized spacial score (nSPS) is 14.1. The van der Waals surface area contributed by atoms with Gasteiger partial charge in [-0.1, -0.05) is 19.1 Å². The number of ether oxygens (including phenoxy) is 1. The highest BCUT2D eigenvalue weighted by Crippen LogP contribution is 2.24. The molecule has 1 N–H and O–H groups in total. The van der Waals surface area contributed by atoms with Gasteiger partial charge in [0.25, 0.3) is 0 Å². The number of rotatable bonds is 6. The molecule has 0 saturated carbocycles. The first-order valence-corrected chi connectivity index (χ1v) is 6.68. The van der Waals surface area contributed by atoms with Gasteiger partial charge in [-0.05, 0) is 43.2 Å². The third-order valence-electron chi connectivity index (χ3n) is 3.35. The van der Waals surface area contributed by atoms with Gasteiger partial charge in [0.2, 0.25) is 0 Å². The summed E-state index contributed by atoms with van der Waals surface area (Å²) in [7, 11) is 1.68. The Labute approximate surface area is 114 Å². The average molecular weight is 259 g/mol. The molecular formula is C16H21NO2. The summed E-state index contributed by atoms with van der Waals surface area (Å²) in [6.07, 6.45) is 2.74. The maximum atomic E-state index is 5.43. The van der Waals surface area contributed by atoms with Crippen molar-refractivity contribution >= 4 is 0 Å². The quantitative estimate of drug-likeness (QED) is 0.848. The molecular weight excluding hydrogens is 238 g/mol. The molecule has 1 aromatic carbocycles. The molecule has 0 aliphatic carbocycles. The van der Waals surface area contributed by atoms with E-state index in [1.807, 2.05) is 24.3 Å². The molecule has 102 valence electrons. The monoisotopic (exact) mass is 259 g/mol. The second-order valence-electron chi connectivity index (χ2n) is 4.64. The molecule has 2 unspecified atom stereocenters. The van der Waals surface area contributed by atoms with Crippen molar-refractivity contribution in [3.63, 3.8) is 0 Å². The Morgan fingerprint density at radius 3 is 2.47 bits per heavy atom. The first-order valence-electron chi connectivity index (χ1n) is 6.68. The summed E-state index contributed by atoms with van der Waals surface area (Å²) in [5, 5.41) is 3.59. The van der Waals surface area contributed by atoms with Crippen LogP contribution in [0.5, 0.6) is 5.75 Å². The smallest absolute Gasteiger partial charge is 0.120 e. The molecule has 2 aromatic rings. The Morgan fingerprint density at radius 1 is 1.21 bits per heavy atom. The summed E-state index contributed by atoms with van der Waals surface area (Å²) >= 11 is 0. The fourth-order valence-electron chi connectivity index (χ4n) is 2.21. The Bertz CT molecular complexity index is 476. The van der Waals surface area contributed by atoms with Crippen molar-refractivity contribution in [3.8, 4) is 5.75 Å². The fourth-order valence-corrected chi connectivity index (χ4v) is 2.21. The van der Waals surface area contributed by atoms with E-state index in [0.29, 0.717) is 6.04 Å². The predicted molar refractivity (Wildman–Crippen MR) is 76.3 cm³/mol. The average Bonchev–Trinajstić information content (AvgIpc) is 2.99. The Morgan fingerprint density at radius 2 is 1.95 bits per heavy atom. The molecule has 3 nitrogen and oxygen atoms in total. The van der Waals surface area contributed by atoms with E-state index < -0.39 is 0 Å². The topological polar surface area (TPSA) is 34.4 Å². The van der Waals surface area contributed by atoms with E-state index in [1.54, 1.807) is 13.4 Å². The fraction of sp³-hybridized carbons (Fsp3) is 0.375. The zero-order chi connectivity index (χ0) is 13.7. The van der Waals surface area contributed by atoms with Gasteiger partial charge in [-0.2, -0.15) is 0 Å². The molecule has 3 heteroatoms. The van der Waals surface area contributed by atoms with Crippen LogP contribution in [0.15, 0.2) is 47.1 Å². The number of furan rings is 1. The molecule has 0 aliphatic heterocycles. The van der Waals surface area contributed by atoms with E-state index in [-0.39, 0.29) is 6.04 Å². The van der Waals surface area contributed by atoms with E-state index in [9.17, 15) is 0 Å². The summed E-state index contributed by atoms with van der Waals surface area (Å²) < 4.78 is 10.6. The molecule has 2 rings (SSSR count). The van der Waals surface area contributed by atoms with Gasteiger partial charge in [0.1, 0.15) is 11.5 Å². The van der Waals surface area contributed by atoms with Gasteiger partial charge in [0.15, 0.2) is 0 Å². The van der Waals surface area contributed by atoms with Crippen LogP contribution in [-0.2, 0) is 0 Å². The van der Waals surface area contributed by atoms with Crippen molar-refractivity contribution < 1.29 is 9.15 Å². The molecule has 1 aromatic heterocycles. The second-order valence-corrected chi connectivity index (χ2v) is 4.64. The SMILES string of the molecule is CCC(NC(C)c1ccco1)c1ccc(OC)cc1. The van der Waals surface area contributed by atoms with Gasteiger partial charge in [0, 0.05) is 6.04 Å². The van der Waals surface area contributed by atoms with Gasteiger partial charge >= 0.3 is 0 Å². The highest BCUT2D eigenvalue weighted by Gasteiger charge is 2.15. The van der Waals surface area contributed by atoms with Gasteiger partial charge in [0.05, 0.1) is 19.4 Å². The first kappa shape index (κ1) is 13.7. The molecule has 0 amide bonds. The van der Waals surface area contributed by atoms with Crippen molar-refractivity contribution in [3.05, 3.63) is 54.0 Å². The van der Waals surface area contributed by atoms with E-state index in [0.717, 1.165) is 17.9 Å². The molecule has 0 bridgehead atoms. The molecule has 0 radical (unpaired) electrons. The second kappa shape index (κ2) is 6.43. The third kappa shape index (κ3) is 3.38. The standard InChI is InChI=1S/C16H21NO2/c1-4-15(13-7-9-14(18-3)10-8-13)17-12(2)16-6-5-11-19-16/h5-12,15,17H,4H2,1-3H3. The van der Waals surface area contributed by atoms with Crippen molar-refractivity contribution in [2.24, 2.45) is 0 Å². The molecule has 2 atom stereocenters. The van der Waals surface area contributed by atoms with Crippen molar-refractivity contribution in [2.75, 3.05) is 7.11 Å². The van der Waals surface area contributed by atoms with E-state index in [2.05, 4.69) is 31.3 Å². The number of nitrogens with one attached hydrogen (secondary N) is 1. The maximum absolute atomic E-state index is 5.43. The van der Waals surface area contributed by atoms with Crippen LogP contribution >= 0.6 is 0 Å². The van der Waals surface area contributed by atoms with Crippen LogP contribution in [-0.4, -0.2) is 7.11 Å². The van der Waals surface area contributed by atoms with Crippen molar-refractivity contribution in [1.29, 1.82) is 0 Å². The van der Waals surface area contributed by atoms with Gasteiger partial charge < -0.3 is 14.5 Å². The Kier molecular flexibility index (Phi) is 4.63. The molecule has 0 spiro atoms.